The molecule has 0 aliphatic heterocycles. The van der Waals surface area contributed by atoms with E-state index in [0.717, 1.165) is 10.6 Å². The van der Waals surface area contributed by atoms with Crippen LogP contribution in [0.1, 0.15) is 20.8 Å². The lowest BCUT2D eigenvalue weighted by atomic mass is 10.1. The van der Waals surface area contributed by atoms with Gasteiger partial charge in [-0.1, -0.05) is 41.5 Å². The van der Waals surface area contributed by atoms with E-state index in [0.29, 0.717) is 22.6 Å². The zero-order valence-electron chi connectivity index (χ0n) is 21.7. The van der Waals surface area contributed by atoms with Gasteiger partial charge in [0.15, 0.2) is 0 Å². The molecule has 3 aromatic carbocycles. The highest BCUT2D eigenvalue weighted by Gasteiger charge is 2.27. The summed E-state index contributed by atoms with van der Waals surface area (Å²) in [6.45, 7) is 5.24. The molecule has 0 fully saturated rings. The number of benzene rings is 3. The Bertz CT molecular complexity index is 1660. The fourth-order valence-corrected chi connectivity index (χ4v) is 6.09. The number of rotatable bonds is 7. The first-order valence-corrected chi connectivity index (χ1v) is 14.2. The van der Waals surface area contributed by atoms with Crippen LogP contribution in [0.25, 0.3) is 32.3 Å². The fraction of sp³-hybridized carbons (Fsp3) is 0.185. The van der Waals surface area contributed by atoms with Crippen LogP contribution in [0.5, 0.6) is 0 Å². The van der Waals surface area contributed by atoms with E-state index in [9.17, 15) is 13.2 Å². The van der Waals surface area contributed by atoms with Gasteiger partial charge in [-0.25, -0.2) is 22.9 Å². The van der Waals surface area contributed by atoms with Gasteiger partial charge >= 0.3 is 6.03 Å². The molecule has 0 aliphatic carbocycles. The van der Waals surface area contributed by atoms with Gasteiger partial charge in [-0.3, -0.25) is 4.90 Å². The quantitative estimate of drug-likeness (QED) is 0.146. The number of thiazole rings is 1. The Balaban J connectivity index is 1.95. The highest BCUT2D eigenvalue weighted by Crippen LogP contribution is 2.39. The minimum absolute atomic E-state index is 0.0228. The molecule has 1 heterocycles. The minimum Gasteiger partial charge on any atom is -0.340 e. The largest absolute Gasteiger partial charge is 0.340 e. The number of hydrogen-bond donors (Lipinski definition) is 2. The maximum Gasteiger partial charge on any atom is 0.326 e. The number of hydrogen-bond acceptors (Lipinski definition) is 6. The third-order valence-electron chi connectivity index (χ3n) is 5.37. The van der Waals surface area contributed by atoms with Gasteiger partial charge in [0.25, 0.3) is 0 Å². The summed E-state index contributed by atoms with van der Waals surface area (Å²) in [7, 11) is -2.46. The van der Waals surface area contributed by atoms with E-state index in [-0.39, 0.29) is 10.6 Å². The van der Waals surface area contributed by atoms with E-state index < -0.39 is 21.6 Å². The Labute approximate surface area is 231 Å². The first-order valence-electron chi connectivity index (χ1n) is 11.8. The predicted octanol–water partition coefficient (Wildman–Crippen LogP) is 6.77. The van der Waals surface area contributed by atoms with Gasteiger partial charge in [0, 0.05) is 39.7 Å². The van der Waals surface area contributed by atoms with E-state index in [1.165, 1.54) is 35.4 Å². The second kappa shape index (κ2) is 11.3. The first-order chi connectivity index (χ1) is 18.5. The van der Waals surface area contributed by atoms with Crippen LogP contribution in [0.3, 0.4) is 0 Å². The monoisotopic (exact) mass is 560 g/mol. The molecule has 4 rings (SSSR count). The lowest BCUT2D eigenvalue weighted by Crippen LogP contribution is -2.40. The number of aromatic nitrogens is 1. The zero-order chi connectivity index (χ0) is 28.2. The van der Waals surface area contributed by atoms with E-state index in [4.69, 9.17) is 10.5 Å². The maximum absolute atomic E-state index is 13.3. The summed E-state index contributed by atoms with van der Waals surface area (Å²) >= 11 is 1.42. The lowest BCUT2D eigenvalue weighted by molar-refractivity contribution is 0.250. The molecule has 0 saturated heterocycles. The molecule has 12 heteroatoms. The van der Waals surface area contributed by atoms with Crippen molar-refractivity contribution in [3.05, 3.63) is 88.6 Å². The van der Waals surface area contributed by atoms with E-state index in [1.807, 2.05) is 17.5 Å². The molecule has 0 spiro atoms. The Morgan fingerprint density at radius 3 is 2.54 bits per heavy atom. The molecule has 2 amide bonds. The summed E-state index contributed by atoms with van der Waals surface area (Å²) in [5, 5.41) is 8.87. The van der Waals surface area contributed by atoms with Gasteiger partial charge in [-0.15, -0.1) is 11.3 Å². The standard InChI is InChI=1S/C27H26N7O3S2/c1-27(2,3)32-39(36,37)21-13-14-22(23-17-38-25(30-23)18-9-6-5-7-10-18)24(16-21)34(26(35)29-4)20-12-8-11-19(15-20)31-33-28/h6-17,32H,1-4H3,(H,29,35). The highest BCUT2D eigenvalue weighted by molar-refractivity contribution is 7.89. The molecule has 39 heavy (non-hydrogen) atoms. The molecule has 2 N–H and O–H groups in total. The van der Waals surface area contributed by atoms with Gasteiger partial charge in [-0.2, -0.15) is 0 Å². The van der Waals surface area contributed by atoms with E-state index in [2.05, 4.69) is 26.1 Å². The van der Waals surface area contributed by atoms with Crippen LogP contribution in [-0.2, 0) is 10.0 Å². The van der Waals surface area contributed by atoms with Crippen LogP contribution >= 0.6 is 11.3 Å². The SMILES string of the molecule is CNC(=O)N(c1cccc(N=[N+]=[N-])c1)c1cc(S(=O)(=O)NC(C)(C)C)ccc1-c1csc(-c2cc[c]cc2)n1. The Morgan fingerprint density at radius 2 is 1.87 bits per heavy atom. The third kappa shape index (κ3) is 6.44. The average Bonchev–Trinajstić information content (AvgIpc) is 3.38. The van der Waals surface area contributed by atoms with Crippen molar-refractivity contribution in [3.8, 4) is 21.8 Å². The number of anilines is 2. The van der Waals surface area contributed by atoms with Crippen molar-refractivity contribution in [3.63, 3.8) is 0 Å². The maximum atomic E-state index is 13.3. The minimum atomic E-state index is -3.94. The number of nitrogens with zero attached hydrogens (tertiary/aromatic N) is 5. The Morgan fingerprint density at radius 1 is 1.13 bits per heavy atom. The molecule has 199 valence electrons. The van der Waals surface area contributed by atoms with Gasteiger partial charge in [0.05, 0.1) is 22.0 Å². The predicted molar refractivity (Wildman–Crippen MR) is 154 cm³/mol. The number of carbonyl (C=O) groups excluding carboxylic acids is 1. The normalized spacial score (nSPS) is 11.5. The van der Waals surface area contributed by atoms with Crippen molar-refractivity contribution in [1.29, 1.82) is 0 Å². The Hall–Kier alpha value is -4.22. The number of carbonyl (C=O) groups is 1. The van der Waals surface area contributed by atoms with E-state index in [1.54, 1.807) is 63.2 Å². The van der Waals surface area contributed by atoms with Crippen molar-refractivity contribution in [2.45, 2.75) is 31.2 Å². The van der Waals surface area contributed by atoms with Crippen LogP contribution < -0.4 is 14.9 Å². The summed E-state index contributed by atoms with van der Waals surface area (Å²) in [4.78, 5) is 22.2. The van der Waals surface area contributed by atoms with E-state index >= 15 is 0 Å². The fourth-order valence-electron chi connectivity index (χ4n) is 3.83. The topological polar surface area (TPSA) is 140 Å². The summed E-state index contributed by atoms with van der Waals surface area (Å²) in [6, 6.07) is 20.9. The number of amides is 2. The number of nitrogens with one attached hydrogen (secondary N) is 2. The van der Waals surface area contributed by atoms with Gasteiger partial charge < -0.3 is 5.32 Å². The smallest absolute Gasteiger partial charge is 0.326 e. The molecule has 0 unspecified atom stereocenters. The molecule has 1 aromatic heterocycles. The van der Waals surface area contributed by atoms with Gasteiger partial charge in [0.1, 0.15) is 5.01 Å². The van der Waals surface area contributed by atoms with Crippen molar-refractivity contribution in [2.24, 2.45) is 5.11 Å². The molecule has 0 bridgehead atoms. The first kappa shape index (κ1) is 27.8. The van der Waals surface area contributed by atoms with Crippen LogP contribution in [0, 0.1) is 6.07 Å². The molecule has 10 nitrogen and oxygen atoms in total. The third-order valence-corrected chi connectivity index (χ3v) is 8.02. The highest BCUT2D eigenvalue weighted by atomic mass is 32.2. The second-order valence-electron chi connectivity index (χ2n) is 9.46. The van der Waals surface area contributed by atoms with Crippen LogP contribution in [0.15, 0.2) is 82.1 Å². The lowest BCUT2D eigenvalue weighted by Gasteiger charge is -2.26. The molecule has 0 aliphatic rings. The molecule has 0 atom stereocenters. The van der Waals surface area contributed by atoms with Gasteiger partial charge in [0.2, 0.25) is 10.0 Å². The van der Waals surface area contributed by atoms with Gasteiger partial charge in [-0.05, 0) is 62.7 Å². The van der Waals surface area contributed by atoms with Crippen molar-refractivity contribution in [1.82, 2.24) is 15.0 Å². The summed E-state index contributed by atoms with van der Waals surface area (Å²) in [5.41, 5.74) is 11.1. The van der Waals surface area contributed by atoms with Crippen LogP contribution in [-0.4, -0.2) is 32.0 Å². The number of urea groups is 1. The van der Waals surface area contributed by atoms with Crippen LogP contribution in [0.2, 0.25) is 0 Å². The van der Waals surface area contributed by atoms with Crippen LogP contribution in [0.4, 0.5) is 21.9 Å². The molecule has 1 radical (unpaired) electrons. The second-order valence-corrected chi connectivity index (χ2v) is 12.0. The summed E-state index contributed by atoms with van der Waals surface area (Å²) in [5.74, 6) is 0. The van der Waals surface area contributed by atoms with Crippen molar-refractivity contribution >= 4 is 44.5 Å². The summed E-state index contributed by atoms with van der Waals surface area (Å²) in [6.07, 6.45) is 0. The average molecular weight is 561 g/mol. The number of azide groups is 1. The zero-order valence-corrected chi connectivity index (χ0v) is 23.3. The van der Waals surface area contributed by atoms with Crippen molar-refractivity contribution < 1.29 is 13.2 Å². The van der Waals surface area contributed by atoms with Crippen molar-refractivity contribution in [2.75, 3.05) is 11.9 Å². The molecular weight excluding hydrogens is 534 g/mol. The number of sulfonamides is 1. The Kier molecular flexibility index (Phi) is 8.03. The molecular formula is C27H26N7O3S2. The molecule has 4 aromatic rings. The molecule has 0 saturated carbocycles. The summed E-state index contributed by atoms with van der Waals surface area (Å²) < 4.78 is 29.2.